The maximum atomic E-state index is 12.4. The fourth-order valence-corrected chi connectivity index (χ4v) is 3.41. The smallest absolute Gasteiger partial charge is 0.293 e. The number of rotatable bonds is 2. The van der Waals surface area contributed by atoms with E-state index in [9.17, 15) is 18.0 Å². The van der Waals surface area contributed by atoms with E-state index in [-0.39, 0.29) is 21.7 Å². The number of alkyl halides is 3. The van der Waals surface area contributed by atoms with Gasteiger partial charge in [0.15, 0.2) is 5.78 Å². The van der Waals surface area contributed by atoms with Crippen LogP contribution in [0.4, 0.5) is 13.2 Å². The Morgan fingerprint density at radius 3 is 2.63 bits per heavy atom. The van der Waals surface area contributed by atoms with Crippen LogP contribution in [0.3, 0.4) is 0 Å². The lowest BCUT2D eigenvalue weighted by Crippen LogP contribution is -2.22. The summed E-state index contributed by atoms with van der Waals surface area (Å²) >= 11 is 7.23. The van der Waals surface area contributed by atoms with E-state index >= 15 is 0 Å². The molecule has 0 aliphatic carbocycles. The number of ketones is 1. The molecule has 1 atom stereocenters. The van der Waals surface area contributed by atoms with Crippen LogP contribution in [0.15, 0.2) is 12.1 Å². The molecule has 2 rings (SSSR count). The Balaban J connectivity index is 2.23. The van der Waals surface area contributed by atoms with Gasteiger partial charge in [0.25, 0.3) is 0 Å². The summed E-state index contributed by atoms with van der Waals surface area (Å²) in [6.45, 7) is 0. The third kappa shape index (κ3) is 3.42. The maximum absolute atomic E-state index is 12.4. The van der Waals surface area contributed by atoms with Crippen LogP contribution in [0.5, 0.6) is 0 Å². The molecular formula is C12H11ClF3NOS. The Morgan fingerprint density at radius 2 is 2.11 bits per heavy atom. The van der Waals surface area contributed by atoms with E-state index < -0.39 is 11.9 Å². The molecule has 1 aliphatic rings. The molecule has 2 heterocycles. The molecule has 1 unspecified atom stereocenters. The van der Waals surface area contributed by atoms with Gasteiger partial charge in [0, 0.05) is 0 Å². The van der Waals surface area contributed by atoms with Crippen molar-refractivity contribution in [2.75, 3.05) is 5.75 Å². The molecule has 0 N–H and O–H groups in total. The second-order valence-corrected chi connectivity index (χ2v) is 5.92. The van der Waals surface area contributed by atoms with Crippen molar-refractivity contribution in [1.29, 1.82) is 0 Å². The number of aromatic nitrogens is 1. The van der Waals surface area contributed by atoms with Gasteiger partial charge >= 0.3 is 6.18 Å². The summed E-state index contributed by atoms with van der Waals surface area (Å²) in [4.78, 5) is 15.4. The van der Waals surface area contributed by atoms with Crippen molar-refractivity contribution in [1.82, 2.24) is 4.98 Å². The first kappa shape index (κ1) is 14.7. The van der Waals surface area contributed by atoms with Crippen LogP contribution in [0.25, 0.3) is 0 Å². The zero-order chi connectivity index (χ0) is 14.0. The maximum Gasteiger partial charge on any atom is 0.433 e. The Kier molecular flexibility index (Phi) is 4.40. The topological polar surface area (TPSA) is 30.0 Å². The van der Waals surface area contributed by atoms with E-state index in [1.807, 2.05) is 0 Å². The van der Waals surface area contributed by atoms with Gasteiger partial charge in [-0.05, 0) is 30.7 Å². The molecule has 19 heavy (non-hydrogen) atoms. The van der Waals surface area contributed by atoms with Crippen molar-refractivity contribution in [3.63, 3.8) is 0 Å². The highest BCUT2D eigenvalue weighted by Gasteiger charge is 2.34. The SMILES string of the molecule is O=C(c1ccc(C(F)(F)F)nc1Cl)C1CCCCS1. The summed E-state index contributed by atoms with van der Waals surface area (Å²) in [5.74, 6) is 0.665. The molecule has 1 fully saturated rings. The average Bonchev–Trinajstić information content (AvgIpc) is 2.38. The van der Waals surface area contributed by atoms with Crippen LogP contribution in [0.2, 0.25) is 5.15 Å². The first-order valence-corrected chi connectivity index (χ1v) is 7.22. The van der Waals surface area contributed by atoms with Crippen molar-refractivity contribution in [2.24, 2.45) is 0 Å². The quantitative estimate of drug-likeness (QED) is 0.605. The molecule has 0 bridgehead atoms. The Bertz CT molecular complexity index is 486. The summed E-state index contributed by atoms with van der Waals surface area (Å²) in [6, 6.07) is 1.92. The lowest BCUT2D eigenvalue weighted by atomic mass is 10.0. The largest absolute Gasteiger partial charge is 0.433 e. The number of carbonyl (C=O) groups excluding carboxylic acids is 1. The van der Waals surface area contributed by atoms with Crippen LogP contribution in [-0.2, 0) is 6.18 Å². The fraction of sp³-hybridized carbons (Fsp3) is 0.500. The van der Waals surface area contributed by atoms with Crippen molar-refractivity contribution in [3.8, 4) is 0 Å². The monoisotopic (exact) mass is 309 g/mol. The third-order valence-electron chi connectivity index (χ3n) is 2.88. The normalized spacial score (nSPS) is 20.3. The summed E-state index contributed by atoms with van der Waals surface area (Å²) in [6.07, 6.45) is -1.80. The van der Waals surface area contributed by atoms with Gasteiger partial charge in [-0.25, -0.2) is 4.98 Å². The van der Waals surface area contributed by atoms with E-state index in [0.29, 0.717) is 0 Å². The Hall–Kier alpha value is -0.750. The van der Waals surface area contributed by atoms with Gasteiger partial charge in [0.1, 0.15) is 10.8 Å². The first-order chi connectivity index (χ1) is 8.89. The number of hydrogen-bond acceptors (Lipinski definition) is 3. The zero-order valence-corrected chi connectivity index (χ0v) is 11.4. The molecule has 104 valence electrons. The number of nitrogens with zero attached hydrogens (tertiary/aromatic N) is 1. The second-order valence-electron chi connectivity index (χ2n) is 4.25. The summed E-state index contributed by atoms with van der Waals surface area (Å²) in [7, 11) is 0. The number of pyridine rings is 1. The van der Waals surface area contributed by atoms with Gasteiger partial charge in [0.2, 0.25) is 0 Å². The van der Waals surface area contributed by atoms with Gasteiger partial charge in [0.05, 0.1) is 10.8 Å². The molecule has 1 saturated heterocycles. The Morgan fingerprint density at radius 1 is 1.37 bits per heavy atom. The molecule has 0 spiro atoms. The van der Waals surface area contributed by atoms with Crippen molar-refractivity contribution in [3.05, 3.63) is 28.5 Å². The predicted molar refractivity (Wildman–Crippen MR) is 68.7 cm³/mol. The molecule has 1 aliphatic heterocycles. The molecule has 7 heteroatoms. The number of halogens is 4. The van der Waals surface area contributed by atoms with Crippen molar-refractivity contribution in [2.45, 2.75) is 30.7 Å². The average molecular weight is 310 g/mol. The van der Waals surface area contributed by atoms with Crippen LogP contribution < -0.4 is 0 Å². The molecule has 0 radical (unpaired) electrons. The van der Waals surface area contributed by atoms with Gasteiger partial charge in [-0.3, -0.25) is 4.79 Å². The predicted octanol–water partition coefficient (Wildman–Crippen LogP) is 4.22. The minimum Gasteiger partial charge on any atom is -0.293 e. The van der Waals surface area contributed by atoms with Crippen LogP contribution >= 0.6 is 23.4 Å². The molecular weight excluding hydrogens is 299 g/mol. The van der Waals surface area contributed by atoms with Gasteiger partial charge < -0.3 is 0 Å². The van der Waals surface area contributed by atoms with E-state index in [4.69, 9.17) is 11.6 Å². The first-order valence-electron chi connectivity index (χ1n) is 5.79. The molecule has 0 aromatic carbocycles. The molecule has 0 amide bonds. The van der Waals surface area contributed by atoms with E-state index in [1.165, 1.54) is 11.8 Å². The summed E-state index contributed by atoms with van der Waals surface area (Å²) in [5.41, 5.74) is -1.00. The number of hydrogen-bond donors (Lipinski definition) is 0. The molecule has 1 aromatic heterocycles. The highest BCUT2D eigenvalue weighted by atomic mass is 35.5. The summed E-state index contributed by atoms with van der Waals surface area (Å²) < 4.78 is 37.3. The van der Waals surface area contributed by atoms with Gasteiger partial charge in [-0.15, -0.1) is 0 Å². The van der Waals surface area contributed by atoms with Crippen molar-refractivity contribution >= 4 is 29.1 Å². The second kappa shape index (κ2) is 5.71. The lowest BCUT2D eigenvalue weighted by Gasteiger charge is -2.20. The van der Waals surface area contributed by atoms with E-state index in [1.54, 1.807) is 0 Å². The van der Waals surface area contributed by atoms with E-state index in [0.717, 1.165) is 37.1 Å². The molecule has 2 nitrogen and oxygen atoms in total. The van der Waals surface area contributed by atoms with Gasteiger partial charge in [-0.2, -0.15) is 24.9 Å². The highest BCUT2D eigenvalue weighted by Crippen LogP contribution is 2.32. The molecule has 1 aromatic rings. The minimum atomic E-state index is -4.55. The summed E-state index contributed by atoms with van der Waals surface area (Å²) in [5, 5.41) is -0.587. The van der Waals surface area contributed by atoms with Crippen LogP contribution in [0, 0.1) is 0 Å². The standard InChI is InChI=1S/C12H11ClF3NOS/c13-11-7(4-5-9(17-11)12(14,15)16)10(18)8-3-1-2-6-19-8/h4-5,8H,1-3,6H2. The number of thioether (sulfide) groups is 1. The van der Waals surface area contributed by atoms with Crippen LogP contribution in [-0.4, -0.2) is 21.8 Å². The Labute approximate surface area is 117 Å². The fourth-order valence-electron chi connectivity index (χ4n) is 1.90. The number of carbonyl (C=O) groups is 1. The van der Waals surface area contributed by atoms with Crippen molar-refractivity contribution < 1.29 is 18.0 Å². The third-order valence-corrected chi connectivity index (χ3v) is 4.54. The lowest BCUT2D eigenvalue weighted by molar-refractivity contribution is -0.141. The molecule has 0 saturated carbocycles. The zero-order valence-electron chi connectivity index (χ0n) is 9.84. The van der Waals surface area contributed by atoms with Gasteiger partial charge in [-0.1, -0.05) is 18.0 Å². The van der Waals surface area contributed by atoms with Crippen LogP contribution in [0.1, 0.15) is 35.3 Å². The van der Waals surface area contributed by atoms with E-state index in [2.05, 4.69) is 4.98 Å². The highest BCUT2D eigenvalue weighted by molar-refractivity contribution is 8.00. The number of Topliss-reactive ketones (excluding diaryl/α,β-unsaturated/α-hetero) is 1. The minimum absolute atomic E-state index is 0.0778.